The van der Waals surface area contributed by atoms with Gasteiger partial charge >= 0.3 is 0 Å². The first kappa shape index (κ1) is 30.5. The summed E-state index contributed by atoms with van der Waals surface area (Å²) in [6, 6.07) is 11.6. The molecular formula is C34H43ClN2O5S. The summed E-state index contributed by atoms with van der Waals surface area (Å²) in [6.07, 6.45) is 3.88. The number of rotatable bonds is 1. The number of benzene rings is 2. The fourth-order valence-corrected chi connectivity index (χ4v) is 9.61. The highest BCUT2D eigenvalue weighted by atomic mass is 35.5. The number of carbonyl (C=O) groups excluding carboxylic acids is 1. The Hall–Kier alpha value is -2.52. The molecule has 2 bridgehead atoms. The number of hydrogen-bond donors (Lipinski definition) is 3. The van der Waals surface area contributed by atoms with Crippen molar-refractivity contribution in [1.29, 1.82) is 0 Å². The summed E-state index contributed by atoms with van der Waals surface area (Å²) < 4.78 is 23.0. The van der Waals surface area contributed by atoms with Crippen LogP contribution in [-0.4, -0.2) is 63.4 Å². The normalized spacial score (nSPS) is 34.7. The zero-order chi connectivity index (χ0) is 30.5. The maximum Gasteiger partial charge on any atom is 0.262 e. The van der Waals surface area contributed by atoms with Gasteiger partial charge in [0.1, 0.15) is 11.9 Å². The van der Waals surface area contributed by atoms with E-state index in [9.17, 15) is 19.2 Å². The van der Waals surface area contributed by atoms with Crippen molar-refractivity contribution in [2.45, 2.75) is 81.2 Å². The van der Waals surface area contributed by atoms with Crippen LogP contribution in [-0.2, 0) is 21.5 Å². The largest absolute Gasteiger partial charge is 0.490 e. The molecule has 7 nitrogen and oxygen atoms in total. The third kappa shape index (κ3) is 5.72. The number of aryl methyl sites for hydroxylation is 1. The predicted molar refractivity (Wildman–Crippen MR) is 174 cm³/mol. The Morgan fingerprint density at radius 2 is 1.98 bits per heavy atom. The summed E-state index contributed by atoms with van der Waals surface area (Å²) in [7, 11) is -3.03. The average Bonchev–Trinajstić information content (AvgIpc) is 3.11. The second-order valence-electron chi connectivity index (χ2n) is 13.1. The minimum Gasteiger partial charge on any atom is -0.490 e. The van der Waals surface area contributed by atoms with Crippen LogP contribution < -0.4 is 14.4 Å². The Kier molecular flexibility index (Phi) is 8.35. The monoisotopic (exact) mass is 626 g/mol. The number of nitrogens with one attached hydrogen (secondary N) is 1. The van der Waals surface area contributed by atoms with Crippen LogP contribution in [0.4, 0.5) is 5.69 Å². The van der Waals surface area contributed by atoms with E-state index in [4.69, 9.17) is 16.3 Å². The Morgan fingerprint density at radius 3 is 2.72 bits per heavy atom. The lowest BCUT2D eigenvalue weighted by atomic mass is 9.67. The molecule has 7 atom stereocenters. The molecule has 0 aromatic heterocycles. The van der Waals surface area contributed by atoms with Gasteiger partial charge in [0.05, 0.1) is 28.1 Å². The fraction of sp³-hybridized carbons (Fsp3) is 0.529. The van der Waals surface area contributed by atoms with E-state index in [1.165, 1.54) is 11.1 Å². The lowest BCUT2D eigenvalue weighted by Gasteiger charge is -2.46. The molecule has 2 aliphatic heterocycles. The Morgan fingerprint density at radius 1 is 1.16 bits per heavy atom. The molecule has 1 unspecified atom stereocenters. The maximum atomic E-state index is 13.7. The lowest BCUT2D eigenvalue weighted by molar-refractivity contribution is 0.0203. The van der Waals surface area contributed by atoms with Crippen molar-refractivity contribution in [2.24, 2.45) is 11.8 Å². The van der Waals surface area contributed by atoms with Crippen molar-refractivity contribution < 1.29 is 24.0 Å². The van der Waals surface area contributed by atoms with E-state index in [0.29, 0.717) is 49.4 Å². The molecule has 2 heterocycles. The van der Waals surface area contributed by atoms with Crippen LogP contribution in [0, 0.1) is 11.8 Å². The standard InChI is InChI=1S/C34H43ClN2O5S/c1-4-26-10-13-30(38)32(39)21(2)27-11-7-24(27)18-37-19-34(15-5-6-22-16-25(35)9-12-28(22)34)20-42-31-14-8-23(17-29(31)37)33(40)36-43(26,3)41/h8-9,12,14,16-17,24,26-27,30,32,38-39H,2-7,10-11,13,15,18-20H2,1H3,(H,36,40,41)/t24-,26+,27-,30+,32-,34-,43?/m0/s1. The van der Waals surface area contributed by atoms with Crippen LogP contribution in [0.15, 0.2) is 48.6 Å². The van der Waals surface area contributed by atoms with Crippen LogP contribution in [0.3, 0.4) is 0 Å². The third-order valence-electron chi connectivity index (χ3n) is 10.4. The highest BCUT2D eigenvalue weighted by molar-refractivity contribution is 7.99. The predicted octanol–water partition coefficient (Wildman–Crippen LogP) is 5.05. The zero-order valence-electron chi connectivity index (χ0n) is 24.9. The smallest absolute Gasteiger partial charge is 0.262 e. The second-order valence-corrected chi connectivity index (χ2v) is 15.8. The number of amides is 1. The molecule has 0 saturated heterocycles. The van der Waals surface area contributed by atoms with E-state index in [1.54, 1.807) is 6.07 Å². The zero-order valence-corrected chi connectivity index (χ0v) is 26.5. The molecule has 9 heteroatoms. The van der Waals surface area contributed by atoms with Gasteiger partial charge in [-0.25, -0.2) is 4.21 Å². The minimum absolute atomic E-state index is 0.0732. The quantitative estimate of drug-likeness (QED) is 0.303. The van der Waals surface area contributed by atoms with E-state index >= 15 is 0 Å². The molecule has 2 aromatic carbocycles. The van der Waals surface area contributed by atoms with Crippen molar-refractivity contribution in [3.8, 4) is 5.75 Å². The highest BCUT2D eigenvalue weighted by Crippen LogP contribution is 2.47. The molecular weight excluding hydrogens is 584 g/mol. The molecule has 1 amide bonds. The third-order valence-corrected chi connectivity index (χ3v) is 12.8. The minimum atomic E-state index is -3.03. The highest BCUT2D eigenvalue weighted by Gasteiger charge is 2.44. The number of halogens is 1. The van der Waals surface area contributed by atoms with Gasteiger partial charge < -0.3 is 19.8 Å². The average molecular weight is 627 g/mol. The van der Waals surface area contributed by atoms with Gasteiger partial charge in [0.25, 0.3) is 5.91 Å². The fourth-order valence-electron chi connectivity index (χ4n) is 7.76. The topological polar surface area (TPSA) is 99.1 Å². The molecule has 43 heavy (non-hydrogen) atoms. The number of ether oxygens (including phenoxy) is 1. The number of anilines is 1. The summed E-state index contributed by atoms with van der Waals surface area (Å²) >= 11 is 6.40. The van der Waals surface area contributed by atoms with Crippen molar-refractivity contribution in [2.75, 3.05) is 24.6 Å². The Bertz CT molecular complexity index is 1530. The molecule has 3 N–H and O–H groups in total. The van der Waals surface area contributed by atoms with Crippen molar-refractivity contribution >= 4 is 38.8 Å². The van der Waals surface area contributed by atoms with Gasteiger partial charge in [-0.2, -0.15) is 0 Å². The van der Waals surface area contributed by atoms with E-state index in [1.807, 2.05) is 25.1 Å². The number of hydrogen-bond acceptors (Lipinski definition) is 6. The van der Waals surface area contributed by atoms with E-state index in [0.717, 1.165) is 42.8 Å². The molecule has 232 valence electrons. The molecule has 1 fully saturated rings. The van der Waals surface area contributed by atoms with Gasteiger partial charge in [0, 0.05) is 34.3 Å². The summed E-state index contributed by atoms with van der Waals surface area (Å²) in [4.78, 5) is 15.9. The van der Waals surface area contributed by atoms with Crippen LogP contribution in [0.25, 0.3) is 0 Å². The first-order chi connectivity index (χ1) is 20.5. The molecule has 1 saturated carbocycles. The maximum absolute atomic E-state index is 13.7. The van der Waals surface area contributed by atoms with E-state index < -0.39 is 33.1 Å². The second kappa shape index (κ2) is 11.8. The number of aliphatic hydroxyl groups excluding tert-OH is 2. The number of carbonyl (C=O) groups is 1. The van der Waals surface area contributed by atoms with Crippen LogP contribution in [0.5, 0.6) is 5.75 Å². The first-order valence-electron chi connectivity index (χ1n) is 15.5. The summed E-state index contributed by atoms with van der Waals surface area (Å²) in [5.74, 6) is 4.49. The summed E-state index contributed by atoms with van der Waals surface area (Å²) in [6.45, 7) is 8.06. The Labute approximate surface area is 260 Å². The number of nitrogens with zero attached hydrogens (tertiary/aromatic N) is 1. The van der Waals surface area contributed by atoms with Gasteiger partial charge in [0.15, 0.2) is 0 Å². The van der Waals surface area contributed by atoms with Gasteiger partial charge in [-0.05, 0) is 116 Å². The van der Waals surface area contributed by atoms with Gasteiger partial charge in [0.2, 0.25) is 0 Å². The van der Waals surface area contributed by atoms with Crippen molar-refractivity contribution in [3.05, 3.63) is 70.3 Å². The van der Waals surface area contributed by atoms with Crippen molar-refractivity contribution in [1.82, 2.24) is 4.72 Å². The van der Waals surface area contributed by atoms with Crippen LogP contribution in [0.2, 0.25) is 5.02 Å². The van der Waals surface area contributed by atoms with Crippen LogP contribution >= 0.6 is 11.6 Å². The molecule has 1 spiro atoms. The van der Waals surface area contributed by atoms with Crippen molar-refractivity contribution in [3.63, 3.8) is 0 Å². The van der Waals surface area contributed by atoms with E-state index in [-0.39, 0.29) is 23.7 Å². The van der Waals surface area contributed by atoms with Crippen LogP contribution in [0.1, 0.15) is 73.4 Å². The molecule has 2 aromatic rings. The SMILES string of the molecule is C=C1[C@H](O)[C@H](O)CC[C@@H](CC)S(=C)(=O)NC(=O)c2ccc3c(c2)N(C[C@@H]2CC[C@@H]12)C[C@@]1(CCCc2cc(Cl)ccc21)CO3. The first-order valence-corrected chi connectivity index (χ1v) is 17.7. The van der Waals surface area contributed by atoms with Gasteiger partial charge in [-0.15, -0.1) is 0 Å². The molecule has 6 rings (SSSR count). The Balaban J connectivity index is 1.43. The van der Waals surface area contributed by atoms with Gasteiger partial charge in [-0.3, -0.25) is 9.52 Å². The summed E-state index contributed by atoms with van der Waals surface area (Å²) in [5.41, 5.74) is 4.16. The number of aliphatic hydroxyl groups is 2. The number of fused-ring (bicyclic) bond motifs is 4. The molecule has 2 aliphatic carbocycles. The lowest BCUT2D eigenvalue weighted by Crippen LogP contribution is -2.49. The molecule has 4 aliphatic rings. The van der Waals surface area contributed by atoms with E-state index in [2.05, 4.69) is 34.2 Å². The molecule has 0 radical (unpaired) electrons. The van der Waals surface area contributed by atoms with Gasteiger partial charge in [-0.1, -0.05) is 31.2 Å². The summed E-state index contributed by atoms with van der Waals surface area (Å²) in [5, 5.41) is 22.3.